The molecule has 0 spiro atoms. The minimum absolute atomic E-state index is 0.270. The first-order valence-corrected chi connectivity index (χ1v) is 6.42. The maximum Gasteiger partial charge on any atom is 0.231 e. The molecule has 0 atom stereocenters. The van der Waals surface area contributed by atoms with Crippen molar-refractivity contribution in [3.8, 4) is 22.8 Å². The fraction of sp³-hybridized carbons (Fsp3) is 0.200. The Morgan fingerprint density at radius 2 is 1.95 bits per heavy atom. The summed E-state index contributed by atoms with van der Waals surface area (Å²) in [5.41, 5.74) is 4.03. The molecule has 4 rings (SSSR count). The highest BCUT2D eigenvalue weighted by Gasteiger charge is 2.18. The SMILES string of the molecule is Cc1cc(-c2ccnn2C)c2cc3c(cc2n1)OCO3. The Bertz CT molecular complexity index is 823. The molecule has 0 saturated heterocycles. The van der Waals surface area contributed by atoms with E-state index in [0.717, 1.165) is 39.4 Å². The Hall–Kier alpha value is -2.56. The van der Waals surface area contributed by atoms with Gasteiger partial charge in [0.2, 0.25) is 6.79 Å². The van der Waals surface area contributed by atoms with Crippen LogP contribution in [0.4, 0.5) is 0 Å². The number of ether oxygens (including phenoxy) is 2. The average Bonchev–Trinajstić information content (AvgIpc) is 3.03. The quantitative estimate of drug-likeness (QED) is 0.680. The summed E-state index contributed by atoms with van der Waals surface area (Å²) in [5.74, 6) is 1.53. The molecule has 2 aromatic heterocycles. The van der Waals surface area contributed by atoms with Gasteiger partial charge in [0.05, 0.1) is 11.2 Å². The van der Waals surface area contributed by atoms with Crippen LogP contribution in [0.3, 0.4) is 0 Å². The van der Waals surface area contributed by atoms with E-state index in [1.807, 2.05) is 36.9 Å². The number of hydrogen-bond acceptors (Lipinski definition) is 4. The van der Waals surface area contributed by atoms with Crippen LogP contribution < -0.4 is 9.47 Å². The number of fused-ring (bicyclic) bond motifs is 2. The Labute approximate surface area is 115 Å². The topological polar surface area (TPSA) is 49.2 Å². The van der Waals surface area contributed by atoms with Gasteiger partial charge in [0.25, 0.3) is 0 Å². The summed E-state index contributed by atoms with van der Waals surface area (Å²) in [6.07, 6.45) is 1.80. The summed E-state index contributed by atoms with van der Waals surface area (Å²) in [7, 11) is 1.93. The van der Waals surface area contributed by atoms with Crippen LogP contribution in [0.1, 0.15) is 5.69 Å². The van der Waals surface area contributed by atoms with Crippen molar-refractivity contribution in [3.63, 3.8) is 0 Å². The van der Waals surface area contributed by atoms with E-state index < -0.39 is 0 Å². The Morgan fingerprint density at radius 3 is 2.70 bits per heavy atom. The maximum atomic E-state index is 5.47. The standard InChI is InChI=1S/C15H13N3O2/c1-9-5-11(13-3-4-16-18(13)2)10-6-14-15(20-8-19-14)7-12(10)17-9/h3-7H,8H2,1-2H3. The molecule has 0 fully saturated rings. The van der Waals surface area contributed by atoms with E-state index in [0.29, 0.717) is 0 Å². The number of aryl methyl sites for hydroxylation is 2. The molecule has 1 aliphatic rings. The molecule has 0 radical (unpaired) electrons. The van der Waals surface area contributed by atoms with Crippen LogP contribution in [0.2, 0.25) is 0 Å². The first-order valence-electron chi connectivity index (χ1n) is 6.42. The Balaban J connectivity index is 2.07. The second-order valence-electron chi connectivity index (χ2n) is 4.87. The summed E-state index contributed by atoms with van der Waals surface area (Å²) in [4.78, 5) is 4.59. The highest BCUT2D eigenvalue weighted by Crippen LogP contribution is 2.39. The van der Waals surface area contributed by atoms with E-state index in [9.17, 15) is 0 Å². The summed E-state index contributed by atoms with van der Waals surface area (Å²) in [6.45, 7) is 2.26. The third-order valence-corrected chi connectivity index (χ3v) is 3.53. The molecule has 0 bridgehead atoms. The van der Waals surface area contributed by atoms with Gasteiger partial charge in [-0.3, -0.25) is 9.67 Å². The predicted octanol–water partition coefficient (Wildman–Crippen LogP) is 2.67. The molecule has 100 valence electrons. The zero-order valence-electron chi connectivity index (χ0n) is 11.3. The molecule has 3 heterocycles. The van der Waals surface area contributed by atoms with Crippen LogP contribution >= 0.6 is 0 Å². The van der Waals surface area contributed by atoms with Crippen LogP contribution in [-0.2, 0) is 7.05 Å². The van der Waals surface area contributed by atoms with Gasteiger partial charge in [0.1, 0.15) is 0 Å². The van der Waals surface area contributed by atoms with Gasteiger partial charge < -0.3 is 9.47 Å². The smallest absolute Gasteiger partial charge is 0.231 e. The summed E-state index contributed by atoms with van der Waals surface area (Å²) < 4.78 is 12.7. The van der Waals surface area contributed by atoms with Gasteiger partial charge in [-0.1, -0.05) is 0 Å². The van der Waals surface area contributed by atoms with Crippen molar-refractivity contribution in [2.75, 3.05) is 6.79 Å². The molecule has 1 aromatic carbocycles. The van der Waals surface area contributed by atoms with E-state index in [2.05, 4.69) is 16.1 Å². The fourth-order valence-corrected chi connectivity index (χ4v) is 2.60. The Kier molecular flexibility index (Phi) is 2.24. The second-order valence-corrected chi connectivity index (χ2v) is 4.87. The van der Waals surface area contributed by atoms with Crippen LogP contribution in [0, 0.1) is 6.92 Å². The third kappa shape index (κ3) is 1.56. The lowest BCUT2D eigenvalue weighted by Crippen LogP contribution is -1.96. The zero-order valence-corrected chi connectivity index (χ0v) is 11.3. The minimum atomic E-state index is 0.270. The maximum absolute atomic E-state index is 5.47. The molecule has 0 amide bonds. The van der Waals surface area contributed by atoms with Gasteiger partial charge in [-0.15, -0.1) is 0 Å². The predicted molar refractivity (Wildman–Crippen MR) is 74.8 cm³/mol. The fourth-order valence-electron chi connectivity index (χ4n) is 2.60. The lowest BCUT2D eigenvalue weighted by Gasteiger charge is -2.09. The third-order valence-electron chi connectivity index (χ3n) is 3.53. The largest absolute Gasteiger partial charge is 0.454 e. The first-order chi connectivity index (χ1) is 9.72. The lowest BCUT2D eigenvalue weighted by atomic mass is 10.0. The molecule has 5 nitrogen and oxygen atoms in total. The van der Waals surface area contributed by atoms with E-state index in [1.54, 1.807) is 6.20 Å². The first kappa shape index (κ1) is 11.3. The number of aromatic nitrogens is 3. The van der Waals surface area contributed by atoms with Crippen molar-refractivity contribution in [2.45, 2.75) is 6.92 Å². The van der Waals surface area contributed by atoms with Crippen LogP contribution in [-0.4, -0.2) is 21.6 Å². The van der Waals surface area contributed by atoms with Crippen LogP contribution in [0.5, 0.6) is 11.5 Å². The molecular weight excluding hydrogens is 254 g/mol. The number of pyridine rings is 1. The summed E-state index contributed by atoms with van der Waals surface area (Å²) in [6, 6.07) is 8.00. The van der Waals surface area contributed by atoms with Gasteiger partial charge in [0.15, 0.2) is 11.5 Å². The van der Waals surface area contributed by atoms with E-state index in [4.69, 9.17) is 9.47 Å². The second kappa shape index (κ2) is 3.96. The number of nitrogens with zero attached hydrogens (tertiary/aromatic N) is 3. The highest BCUT2D eigenvalue weighted by molar-refractivity contribution is 5.96. The number of hydrogen-bond donors (Lipinski definition) is 0. The molecular formula is C15H13N3O2. The van der Waals surface area contributed by atoms with Gasteiger partial charge >= 0.3 is 0 Å². The van der Waals surface area contributed by atoms with Crippen LogP contribution in [0.25, 0.3) is 22.2 Å². The minimum Gasteiger partial charge on any atom is -0.454 e. The molecule has 1 aliphatic heterocycles. The van der Waals surface area contributed by atoms with E-state index in [1.165, 1.54) is 0 Å². The number of rotatable bonds is 1. The Morgan fingerprint density at radius 1 is 1.15 bits per heavy atom. The van der Waals surface area contributed by atoms with Crippen molar-refractivity contribution in [3.05, 3.63) is 36.2 Å². The van der Waals surface area contributed by atoms with Gasteiger partial charge in [0, 0.05) is 36.0 Å². The van der Waals surface area contributed by atoms with Crippen LogP contribution in [0.15, 0.2) is 30.5 Å². The van der Waals surface area contributed by atoms with E-state index in [-0.39, 0.29) is 6.79 Å². The van der Waals surface area contributed by atoms with Gasteiger partial charge in [-0.2, -0.15) is 5.10 Å². The highest BCUT2D eigenvalue weighted by atomic mass is 16.7. The number of benzene rings is 1. The van der Waals surface area contributed by atoms with Crippen molar-refractivity contribution in [2.24, 2.45) is 7.05 Å². The molecule has 0 unspecified atom stereocenters. The zero-order chi connectivity index (χ0) is 13.7. The monoisotopic (exact) mass is 267 g/mol. The summed E-state index contributed by atoms with van der Waals surface area (Å²) in [5, 5.41) is 5.29. The van der Waals surface area contributed by atoms with Crippen molar-refractivity contribution in [1.29, 1.82) is 0 Å². The molecule has 0 N–H and O–H groups in total. The van der Waals surface area contributed by atoms with E-state index >= 15 is 0 Å². The van der Waals surface area contributed by atoms with Crippen molar-refractivity contribution in [1.82, 2.24) is 14.8 Å². The lowest BCUT2D eigenvalue weighted by molar-refractivity contribution is 0.174. The molecule has 5 heteroatoms. The molecule has 20 heavy (non-hydrogen) atoms. The van der Waals surface area contributed by atoms with Gasteiger partial charge in [-0.05, 0) is 25.1 Å². The average molecular weight is 267 g/mol. The molecule has 0 saturated carbocycles. The molecule has 0 aliphatic carbocycles. The van der Waals surface area contributed by atoms with Crippen molar-refractivity contribution < 1.29 is 9.47 Å². The molecule has 3 aromatic rings. The van der Waals surface area contributed by atoms with Crippen molar-refractivity contribution >= 4 is 10.9 Å². The normalized spacial score (nSPS) is 13.1. The van der Waals surface area contributed by atoms with Gasteiger partial charge in [-0.25, -0.2) is 0 Å². The summed E-state index contributed by atoms with van der Waals surface area (Å²) >= 11 is 0.